The quantitative estimate of drug-likeness (QED) is 0.612. The third-order valence-electron chi connectivity index (χ3n) is 7.65. The van der Waals surface area contributed by atoms with Gasteiger partial charge in [0.2, 0.25) is 11.8 Å². The number of carbonyl (C=O) groups is 3. The second-order valence-electron chi connectivity index (χ2n) is 9.32. The summed E-state index contributed by atoms with van der Waals surface area (Å²) in [4.78, 5) is 43.8. The Morgan fingerprint density at radius 1 is 1.12 bits per heavy atom. The van der Waals surface area contributed by atoms with Crippen LogP contribution in [0.5, 0.6) is 0 Å². The lowest BCUT2D eigenvalue weighted by Crippen LogP contribution is -2.54. The van der Waals surface area contributed by atoms with Crippen molar-refractivity contribution >= 4 is 40.7 Å². The van der Waals surface area contributed by atoms with E-state index in [9.17, 15) is 27.6 Å². The Morgan fingerprint density at radius 2 is 1.85 bits per heavy atom. The van der Waals surface area contributed by atoms with Gasteiger partial charge in [-0.25, -0.2) is 4.90 Å². The predicted molar refractivity (Wildman–Crippen MR) is 117 cm³/mol. The highest BCUT2D eigenvalue weighted by Crippen LogP contribution is 2.61. The summed E-state index contributed by atoms with van der Waals surface area (Å²) in [5, 5.41) is 3.12. The van der Waals surface area contributed by atoms with E-state index in [1.54, 1.807) is 12.1 Å². The van der Waals surface area contributed by atoms with E-state index in [4.69, 9.17) is 11.6 Å². The molecule has 0 aliphatic carbocycles. The molecule has 4 atom stereocenters. The normalized spacial score (nSPS) is 30.2. The summed E-state index contributed by atoms with van der Waals surface area (Å²) in [5.74, 6) is -4.03. The third-order valence-corrected chi connectivity index (χ3v) is 7.95. The van der Waals surface area contributed by atoms with Crippen molar-refractivity contribution in [2.75, 3.05) is 16.8 Å². The summed E-state index contributed by atoms with van der Waals surface area (Å²) < 4.78 is 41.3. The molecule has 1 spiro atoms. The first-order valence-corrected chi connectivity index (χ1v) is 11.4. The Morgan fingerprint density at radius 3 is 2.59 bits per heavy atom. The van der Waals surface area contributed by atoms with E-state index in [1.165, 1.54) is 12.1 Å². The molecule has 10 heteroatoms. The number of imide groups is 1. The molecular formula is C24H19ClF3N3O3. The SMILES string of the molecule is Cc1cc(Cl)c2c(c1)[C@]1(C(=O)N2)[C@@H]2C(=O)N(c3ccccc3C(F)(F)F)C(=O)[C@H]2[C@@H]2CCCN21. The number of aryl methyl sites for hydroxylation is 1. The van der Waals surface area contributed by atoms with Crippen molar-refractivity contribution < 1.29 is 27.6 Å². The van der Waals surface area contributed by atoms with Crippen LogP contribution in [-0.4, -0.2) is 35.2 Å². The van der Waals surface area contributed by atoms with Gasteiger partial charge in [-0.3, -0.25) is 19.3 Å². The molecule has 3 fully saturated rings. The molecule has 1 N–H and O–H groups in total. The van der Waals surface area contributed by atoms with Crippen LogP contribution < -0.4 is 10.2 Å². The van der Waals surface area contributed by atoms with Crippen molar-refractivity contribution in [3.63, 3.8) is 0 Å². The number of fused-ring (bicyclic) bond motifs is 7. The zero-order chi connectivity index (χ0) is 24.2. The number of hydrogen-bond acceptors (Lipinski definition) is 4. The van der Waals surface area contributed by atoms with Crippen LogP contribution in [0.4, 0.5) is 24.5 Å². The molecule has 3 saturated heterocycles. The topological polar surface area (TPSA) is 69.7 Å². The van der Waals surface area contributed by atoms with Crippen LogP contribution in [0.1, 0.15) is 29.5 Å². The summed E-state index contributed by atoms with van der Waals surface area (Å²) in [6.07, 6.45) is -3.48. The van der Waals surface area contributed by atoms with E-state index in [2.05, 4.69) is 5.32 Å². The van der Waals surface area contributed by atoms with Crippen molar-refractivity contribution in [2.24, 2.45) is 11.8 Å². The second-order valence-corrected chi connectivity index (χ2v) is 9.73. The Hall–Kier alpha value is -2.91. The maximum atomic E-state index is 13.9. The fourth-order valence-corrected chi connectivity index (χ4v) is 6.86. The van der Waals surface area contributed by atoms with Gasteiger partial charge in [0.05, 0.1) is 33.8 Å². The minimum atomic E-state index is -4.76. The van der Waals surface area contributed by atoms with E-state index in [1.807, 2.05) is 11.8 Å². The molecule has 4 heterocycles. The van der Waals surface area contributed by atoms with E-state index < -0.39 is 58.6 Å². The van der Waals surface area contributed by atoms with Gasteiger partial charge >= 0.3 is 6.18 Å². The zero-order valence-corrected chi connectivity index (χ0v) is 18.7. The van der Waals surface area contributed by atoms with Gasteiger partial charge in [-0.05, 0) is 50.1 Å². The van der Waals surface area contributed by atoms with Gasteiger partial charge in [0, 0.05) is 11.6 Å². The molecule has 176 valence electrons. The number of rotatable bonds is 1. The smallest absolute Gasteiger partial charge is 0.323 e. The molecule has 0 saturated carbocycles. The van der Waals surface area contributed by atoms with Crippen LogP contribution >= 0.6 is 11.6 Å². The van der Waals surface area contributed by atoms with Crippen LogP contribution in [0.25, 0.3) is 0 Å². The third kappa shape index (κ3) is 2.49. The molecule has 6 rings (SSSR count). The number of carbonyl (C=O) groups excluding carboxylic acids is 3. The molecule has 4 aliphatic rings. The zero-order valence-electron chi connectivity index (χ0n) is 17.9. The number of anilines is 2. The molecule has 0 radical (unpaired) electrons. The second kappa shape index (κ2) is 6.82. The fraction of sp³-hybridized carbons (Fsp3) is 0.375. The largest absolute Gasteiger partial charge is 0.418 e. The van der Waals surface area contributed by atoms with Crippen LogP contribution in [0.2, 0.25) is 5.02 Å². The first-order chi connectivity index (χ1) is 16.1. The molecule has 4 aliphatic heterocycles. The Kier molecular flexibility index (Phi) is 4.34. The lowest BCUT2D eigenvalue weighted by molar-refractivity contribution is -0.138. The number of hydrogen-bond donors (Lipinski definition) is 1. The summed E-state index contributed by atoms with van der Waals surface area (Å²) >= 11 is 6.43. The number of para-hydroxylation sites is 1. The van der Waals surface area contributed by atoms with Crippen molar-refractivity contribution in [1.82, 2.24) is 4.90 Å². The molecule has 34 heavy (non-hydrogen) atoms. The highest BCUT2D eigenvalue weighted by molar-refractivity contribution is 6.35. The van der Waals surface area contributed by atoms with E-state index in [0.717, 1.165) is 17.7 Å². The molecule has 0 bridgehead atoms. The van der Waals surface area contributed by atoms with Crippen molar-refractivity contribution in [1.29, 1.82) is 0 Å². The van der Waals surface area contributed by atoms with Gasteiger partial charge in [0.25, 0.3) is 5.91 Å². The Bertz CT molecular complexity index is 1300. The van der Waals surface area contributed by atoms with Crippen molar-refractivity contribution in [3.8, 4) is 0 Å². The van der Waals surface area contributed by atoms with Crippen LogP contribution in [0.15, 0.2) is 36.4 Å². The summed E-state index contributed by atoms with van der Waals surface area (Å²) in [6, 6.07) is 7.59. The van der Waals surface area contributed by atoms with Gasteiger partial charge in [-0.15, -0.1) is 0 Å². The molecule has 6 nitrogen and oxygen atoms in total. The van der Waals surface area contributed by atoms with Gasteiger partial charge in [-0.2, -0.15) is 13.2 Å². The standard InChI is InChI=1S/C24H19ClF3N3O3/c1-11-9-13-19(14(25)10-11)29-22(34)23(13)18-17(16-7-4-8-30(16)23)20(32)31(21(18)33)15-6-3-2-5-12(15)24(26,27)28/h2-3,5-6,9-10,16-18H,4,7-8H2,1H3,(H,29,34)/t16-,17-,18-,23+/m0/s1. The summed E-state index contributed by atoms with van der Waals surface area (Å²) in [6.45, 7) is 2.31. The lowest BCUT2D eigenvalue weighted by Gasteiger charge is -2.37. The van der Waals surface area contributed by atoms with Gasteiger partial charge in [0.1, 0.15) is 5.54 Å². The lowest BCUT2D eigenvalue weighted by atomic mass is 9.75. The molecule has 2 aromatic carbocycles. The minimum Gasteiger partial charge on any atom is -0.323 e. The fourth-order valence-electron chi connectivity index (χ4n) is 6.54. The number of alkyl halides is 3. The van der Waals surface area contributed by atoms with E-state index >= 15 is 0 Å². The maximum absolute atomic E-state index is 13.9. The number of nitrogens with one attached hydrogen (secondary N) is 1. The summed E-state index contributed by atoms with van der Waals surface area (Å²) in [5.41, 5.74) is -1.39. The first kappa shape index (κ1) is 21.6. The molecule has 3 amide bonds. The number of halogens is 4. The molecule has 2 aromatic rings. The monoisotopic (exact) mass is 489 g/mol. The van der Waals surface area contributed by atoms with E-state index in [0.29, 0.717) is 40.6 Å². The van der Waals surface area contributed by atoms with Crippen LogP contribution in [0, 0.1) is 18.8 Å². The minimum absolute atomic E-state index is 0.315. The summed E-state index contributed by atoms with van der Waals surface area (Å²) in [7, 11) is 0. The van der Waals surface area contributed by atoms with E-state index in [-0.39, 0.29) is 0 Å². The highest BCUT2D eigenvalue weighted by atomic mass is 35.5. The van der Waals surface area contributed by atoms with Gasteiger partial charge < -0.3 is 5.32 Å². The highest BCUT2D eigenvalue weighted by Gasteiger charge is 2.75. The van der Waals surface area contributed by atoms with Crippen LogP contribution in [-0.2, 0) is 26.1 Å². The van der Waals surface area contributed by atoms with Gasteiger partial charge in [0.15, 0.2) is 0 Å². The van der Waals surface area contributed by atoms with Crippen molar-refractivity contribution in [2.45, 2.75) is 37.5 Å². The average Bonchev–Trinajstić information content (AvgIpc) is 3.46. The predicted octanol–water partition coefficient (Wildman–Crippen LogP) is 4.10. The molecular weight excluding hydrogens is 471 g/mol. The van der Waals surface area contributed by atoms with Crippen molar-refractivity contribution in [3.05, 3.63) is 58.1 Å². The van der Waals surface area contributed by atoms with Crippen LogP contribution in [0.3, 0.4) is 0 Å². The molecule has 0 unspecified atom stereocenters. The van der Waals surface area contributed by atoms with Gasteiger partial charge in [-0.1, -0.05) is 29.8 Å². The number of nitrogens with zero attached hydrogens (tertiary/aromatic N) is 2. The number of amides is 3. The average molecular weight is 490 g/mol. The first-order valence-electron chi connectivity index (χ1n) is 11.0. The molecule has 0 aromatic heterocycles. The maximum Gasteiger partial charge on any atom is 0.418 e. The Labute approximate surface area is 197 Å². The number of benzene rings is 2. The Balaban J connectivity index is 1.58.